The van der Waals surface area contributed by atoms with Gasteiger partial charge in [0.1, 0.15) is 24.9 Å². The number of rotatable bonds is 1. The number of hydrogen-bond donors (Lipinski definition) is 1. The van der Waals surface area contributed by atoms with Gasteiger partial charge in [-0.2, -0.15) is 0 Å². The lowest BCUT2D eigenvalue weighted by molar-refractivity contribution is -0.140. The van der Waals surface area contributed by atoms with Crippen molar-refractivity contribution in [3.8, 4) is 0 Å². The van der Waals surface area contributed by atoms with Gasteiger partial charge in [0.15, 0.2) is 6.29 Å². The molecule has 0 aromatic heterocycles. The zero-order valence-electron chi connectivity index (χ0n) is 8.33. The lowest BCUT2D eigenvalue weighted by Gasteiger charge is -2.28. The van der Waals surface area contributed by atoms with E-state index in [1.54, 1.807) is 0 Å². The summed E-state index contributed by atoms with van der Waals surface area (Å²) in [6.07, 6.45) is -2.11. The molecule has 6 nitrogen and oxygen atoms in total. The first-order chi connectivity index (χ1) is 7.31. The molecule has 0 aliphatic carbocycles. The Morgan fingerprint density at radius 2 is 2.33 bits per heavy atom. The molecular formula is C9H13NO5. The van der Waals surface area contributed by atoms with Crippen LogP contribution >= 0.6 is 0 Å². The second-order valence-electron chi connectivity index (χ2n) is 3.96. The molecule has 0 amide bonds. The first-order valence-corrected chi connectivity index (χ1v) is 4.99. The van der Waals surface area contributed by atoms with Crippen molar-refractivity contribution in [2.24, 2.45) is 11.1 Å². The summed E-state index contributed by atoms with van der Waals surface area (Å²) in [7, 11) is 1.50. The number of ether oxygens (including phenoxy) is 3. The molecule has 3 heterocycles. The normalized spacial score (nSPS) is 48.1. The molecule has 0 aromatic carbocycles. The third-order valence-corrected chi connectivity index (χ3v) is 3.07. The number of hydrogen-bond acceptors (Lipinski definition) is 6. The van der Waals surface area contributed by atoms with Crippen LogP contribution in [0.3, 0.4) is 0 Å². The second kappa shape index (κ2) is 3.41. The Morgan fingerprint density at radius 1 is 1.47 bits per heavy atom. The highest BCUT2D eigenvalue weighted by molar-refractivity contribution is 5.93. The van der Waals surface area contributed by atoms with E-state index in [2.05, 4.69) is 5.16 Å². The van der Waals surface area contributed by atoms with Gasteiger partial charge in [-0.25, -0.2) is 0 Å². The summed E-state index contributed by atoms with van der Waals surface area (Å²) in [4.78, 5) is 5.01. The zero-order valence-corrected chi connectivity index (χ0v) is 8.33. The Bertz CT molecular complexity index is 294. The van der Waals surface area contributed by atoms with Crippen molar-refractivity contribution in [3.05, 3.63) is 0 Å². The lowest BCUT2D eigenvalue weighted by atomic mass is 9.93. The summed E-state index contributed by atoms with van der Waals surface area (Å²) in [6.45, 7) is 1.06. The number of fused-ring (bicyclic) bond motifs is 3. The second-order valence-corrected chi connectivity index (χ2v) is 3.96. The SMILES string of the molecule is COC1O[C@@H]2C3=NOC[C@H]3CO[C@@H]2[C@H]1O. The van der Waals surface area contributed by atoms with Gasteiger partial charge < -0.3 is 24.2 Å². The predicted molar refractivity (Wildman–Crippen MR) is 48.3 cm³/mol. The highest BCUT2D eigenvalue weighted by Gasteiger charge is 2.53. The molecule has 6 heteroatoms. The topological polar surface area (TPSA) is 69.5 Å². The smallest absolute Gasteiger partial charge is 0.186 e. The number of nitrogens with zero attached hydrogens (tertiary/aromatic N) is 1. The van der Waals surface area contributed by atoms with Gasteiger partial charge in [-0.05, 0) is 0 Å². The maximum atomic E-state index is 9.83. The van der Waals surface area contributed by atoms with E-state index in [-0.39, 0.29) is 18.1 Å². The van der Waals surface area contributed by atoms with Crippen LogP contribution in [0.5, 0.6) is 0 Å². The molecule has 15 heavy (non-hydrogen) atoms. The molecule has 0 bridgehead atoms. The van der Waals surface area contributed by atoms with Crippen LogP contribution in [0, 0.1) is 5.92 Å². The van der Waals surface area contributed by atoms with E-state index in [4.69, 9.17) is 19.0 Å². The van der Waals surface area contributed by atoms with Crippen LogP contribution in [0.15, 0.2) is 5.16 Å². The minimum atomic E-state index is -0.760. The largest absolute Gasteiger partial charge is 0.395 e. The molecule has 2 saturated heterocycles. The van der Waals surface area contributed by atoms with Crippen molar-refractivity contribution in [3.63, 3.8) is 0 Å². The molecule has 1 N–H and O–H groups in total. The Morgan fingerprint density at radius 3 is 3.13 bits per heavy atom. The quantitative estimate of drug-likeness (QED) is 0.615. The highest BCUT2D eigenvalue weighted by Crippen LogP contribution is 2.33. The Balaban J connectivity index is 1.85. The number of aliphatic hydroxyl groups excluding tert-OH is 1. The fourth-order valence-electron chi connectivity index (χ4n) is 2.26. The van der Waals surface area contributed by atoms with Crippen LogP contribution in [0.1, 0.15) is 0 Å². The Kier molecular flexibility index (Phi) is 2.17. The van der Waals surface area contributed by atoms with Crippen LogP contribution in [-0.4, -0.2) is 55.7 Å². The summed E-state index contributed by atoms with van der Waals surface area (Å²) in [6, 6.07) is 0. The fourth-order valence-corrected chi connectivity index (χ4v) is 2.26. The third kappa shape index (κ3) is 1.29. The highest BCUT2D eigenvalue weighted by atomic mass is 16.7. The molecule has 0 saturated carbocycles. The minimum absolute atomic E-state index is 0.161. The fraction of sp³-hybridized carbons (Fsp3) is 0.889. The first kappa shape index (κ1) is 9.53. The van der Waals surface area contributed by atoms with Gasteiger partial charge in [0, 0.05) is 7.11 Å². The van der Waals surface area contributed by atoms with Crippen molar-refractivity contribution in [1.29, 1.82) is 0 Å². The van der Waals surface area contributed by atoms with Gasteiger partial charge in [-0.1, -0.05) is 5.16 Å². The molecule has 3 rings (SSSR count). The summed E-state index contributed by atoms with van der Waals surface area (Å²) in [5, 5.41) is 13.8. The third-order valence-electron chi connectivity index (χ3n) is 3.07. The van der Waals surface area contributed by atoms with Crippen molar-refractivity contribution in [2.45, 2.75) is 24.6 Å². The Hall–Kier alpha value is -0.690. The summed E-state index contributed by atoms with van der Waals surface area (Å²) >= 11 is 0. The molecule has 0 spiro atoms. The van der Waals surface area contributed by atoms with Crippen LogP contribution in [0.25, 0.3) is 0 Å². The van der Waals surface area contributed by atoms with E-state index in [1.165, 1.54) is 7.11 Å². The van der Waals surface area contributed by atoms with Gasteiger partial charge in [0.25, 0.3) is 0 Å². The number of oxime groups is 1. The summed E-state index contributed by atoms with van der Waals surface area (Å²) in [5.41, 5.74) is 0.838. The van der Waals surface area contributed by atoms with Crippen molar-refractivity contribution >= 4 is 5.71 Å². The maximum Gasteiger partial charge on any atom is 0.186 e. The van der Waals surface area contributed by atoms with Crippen molar-refractivity contribution in [1.82, 2.24) is 0 Å². The van der Waals surface area contributed by atoms with E-state index in [0.29, 0.717) is 13.2 Å². The molecule has 2 fully saturated rings. The van der Waals surface area contributed by atoms with E-state index in [9.17, 15) is 5.11 Å². The van der Waals surface area contributed by atoms with Crippen LogP contribution < -0.4 is 0 Å². The molecule has 84 valence electrons. The standard InChI is InChI=1S/C9H13NO5/c1-12-9-6(11)8-7(15-9)5-4(2-13-8)3-14-10-5/h4,6-9,11H,2-3H2,1H3/t4-,6-,7-,8-,9?/m1/s1. The molecule has 3 aliphatic heterocycles. The molecule has 1 unspecified atom stereocenters. The maximum absolute atomic E-state index is 9.83. The molecular weight excluding hydrogens is 202 g/mol. The minimum Gasteiger partial charge on any atom is -0.395 e. The van der Waals surface area contributed by atoms with E-state index in [1.807, 2.05) is 0 Å². The number of methoxy groups -OCH3 is 1. The monoisotopic (exact) mass is 215 g/mol. The lowest BCUT2D eigenvalue weighted by Crippen LogP contribution is -2.47. The predicted octanol–water partition coefficient (Wildman–Crippen LogP) is -0.880. The van der Waals surface area contributed by atoms with E-state index in [0.717, 1.165) is 5.71 Å². The van der Waals surface area contributed by atoms with Gasteiger partial charge in [-0.15, -0.1) is 0 Å². The van der Waals surface area contributed by atoms with Crippen LogP contribution in [0.2, 0.25) is 0 Å². The van der Waals surface area contributed by atoms with Crippen LogP contribution in [0.4, 0.5) is 0 Å². The summed E-state index contributed by atoms with van der Waals surface area (Å²) < 4.78 is 16.1. The van der Waals surface area contributed by atoms with E-state index >= 15 is 0 Å². The number of aliphatic hydroxyl groups is 1. The first-order valence-electron chi connectivity index (χ1n) is 4.99. The van der Waals surface area contributed by atoms with Crippen molar-refractivity contribution in [2.75, 3.05) is 20.3 Å². The van der Waals surface area contributed by atoms with Gasteiger partial charge >= 0.3 is 0 Å². The summed E-state index contributed by atoms with van der Waals surface area (Å²) in [5.74, 6) is 0.161. The molecule has 3 aliphatic rings. The molecule has 0 aromatic rings. The zero-order chi connectivity index (χ0) is 10.4. The Labute approximate surface area is 86.7 Å². The molecule has 0 radical (unpaired) electrons. The van der Waals surface area contributed by atoms with Crippen molar-refractivity contribution < 1.29 is 24.2 Å². The van der Waals surface area contributed by atoms with Gasteiger partial charge in [0.2, 0.25) is 0 Å². The molecule has 5 atom stereocenters. The average Bonchev–Trinajstić information content (AvgIpc) is 2.82. The van der Waals surface area contributed by atoms with E-state index < -0.39 is 12.4 Å². The average molecular weight is 215 g/mol. The van der Waals surface area contributed by atoms with Gasteiger partial charge in [-0.3, -0.25) is 0 Å². The van der Waals surface area contributed by atoms with Gasteiger partial charge in [0.05, 0.1) is 18.2 Å². The van der Waals surface area contributed by atoms with Crippen LogP contribution in [-0.2, 0) is 19.0 Å².